The SMILES string of the molecule is COc1cc2nc(Cl)nc(Nc3ccc4c(c3)OCO4)c2cc1OC. The molecule has 1 aromatic heterocycles. The number of rotatable bonds is 4. The molecule has 25 heavy (non-hydrogen) atoms. The minimum absolute atomic E-state index is 0.128. The van der Waals surface area contributed by atoms with Gasteiger partial charge in [-0.05, 0) is 29.8 Å². The lowest BCUT2D eigenvalue weighted by atomic mass is 10.2. The molecule has 0 atom stereocenters. The molecule has 0 saturated carbocycles. The third-order valence-electron chi connectivity index (χ3n) is 3.81. The molecule has 0 radical (unpaired) electrons. The second-order valence-electron chi connectivity index (χ2n) is 5.26. The number of hydrogen-bond donors (Lipinski definition) is 1. The molecule has 2 heterocycles. The smallest absolute Gasteiger partial charge is 0.231 e. The van der Waals surface area contributed by atoms with Crippen LogP contribution < -0.4 is 24.3 Å². The van der Waals surface area contributed by atoms with Crippen molar-refractivity contribution in [2.24, 2.45) is 0 Å². The molecule has 3 aromatic rings. The third-order valence-corrected chi connectivity index (χ3v) is 3.98. The predicted octanol–water partition coefficient (Wildman–Crippen LogP) is 3.77. The van der Waals surface area contributed by atoms with Crippen LogP contribution in [0, 0.1) is 0 Å². The number of benzene rings is 2. The van der Waals surface area contributed by atoms with Gasteiger partial charge in [0.05, 0.1) is 19.7 Å². The molecule has 0 bridgehead atoms. The van der Waals surface area contributed by atoms with E-state index in [2.05, 4.69) is 15.3 Å². The Kier molecular flexibility index (Phi) is 3.85. The van der Waals surface area contributed by atoms with Gasteiger partial charge in [-0.2, -0.15) is 4.98 Å². The zero-order chi connectivity index (χ0) is 17.4. The van der Waals surface area contributed by atoms with Crippen molar-refractivity contribution < 1.29 is 18.9 Å². The largest absolute Gasteiger partial charge is 0.493 e. The van der Waals surface area contributed by atoms with E-state index in [4.69, 9.17) is 30.5 Å². The molecule has 0 amide bonds. The van der Waals surface area contributed by atoms with Crippen molar-refractivity contribution in [2.45, 2.75) is 0 Å². The Morgan fingerprint density at radius 2 is 1.76 bits per heavy atom. The molecule has 0 spiro atoms. The van der Waals surface area contributed by atoms with E-state index in [1.165, 1.54) is 0 Å². The number of nitrogens with zero attached hydrogens (tertiary/aromatic N) is 2. The van der Waals surface area contributed by atoms with Crippen LogP contribution in [-0.2, 0) is 0 Å². The van der Waals surface area contributed by atoms with Crippen LogP contribution in [0.2, 0.25) is 5.28 Å². The molecular formula is C17H14ClN3O4. The van der Waals surface area contributed by atoms with Crippen molar-refractivity contribution >= 4 is 34.0 Å². The summed E-state index contributed by atoms with van der Waals surface area (Å²) in [6.07, 6.45) is 0. The van der Waals surface area contributed by atoms with E-state index in [-0.39, 0.29) is 12.1 Å². The van der Waals surface area contributed by atoms with E-state index in [1.807, 2.05) is 18.2 Å². The predicted molar refractivity (Wildman–Crippen MR) is 93.5 cm³/mol. The van der Waals surface area contributed by atoms with Gasteiger partial charge in [-0.3, -0.25) is 0 Å². The van der Waals surface area contributed by atoms with Crippen LogP contribution in [0.1, 0.15) is 0 Å². The zero-order valence-corrected chi connectivity index (χ0v) is 14.3. The Morgan fingerprint density at radius 1 is 1.00 bits per heavy atom. The first kappa shape index (κ1) is 15.6. The van der Waals surface area contributed by atoms with Crippen LogP contribution in [0.5, 0.6) is 23.0 Å². The molecule has 1 aliphatic heterocycles. The summed E-state index contributed by atoms with van der Waals surface area (Å²) in [6.45, 7) is 0.220. The van der Waals surface area contributed by atoms with Gasteiger partial charge < -0.3 is 24.3 Å². The Balaban J connectivity index is 1.80. The number of aromatic nitrogens is 2. The molecule has 1 aliphatic rings. The van der Waals surface area contributed by atoms with E-state index in [1.54, 1.807) is 26.4 Å². The fourth-order valence-corrected chi connectivity index (χ4v) is 2.81. The number of methoxy groups -OCH3 is 2. The Labute approximate surface area is 148 Å². The fourth-order valence-electron chi connectivity index (χ4n) is 2.63. The Hall–Kier alpha value is -2.93. The van der Waals surface area contributed by atoms with Crippen LogP contribution in [0.15, 0.2) is 30.3 Å². The average Bonchev–Trinajstić information content (AvgIpc) is 3.08. The summed E-state index contributed by atoms with van der Waals surface area (Å²) in [5.74, 6) is 3.08. The van der Waals surface area contributed by atoms with E-state index >= 15 is 0 Å². The number of ether oxygens (including phenoxy) is 4. The molecule has 1 N–H and O–H groups in total. The highest BCUT2D eigenvalue weighted by molar-refractivity contribution is 6.28. The monoisotopic (exact) mass is 359 g/mol. The van der Waals surface area contributed by atoms with Gasteiger partial charge in [-0.1, -0.05) is 0 Å². The first-order valence-electron chi connectivity index (χ1n) is 7.44. The summed E-state index contributed by atoms with van der Waals surface area (Å²) in [7, 11) is 3.14. The Bertz CT molecular complexity index is 964. The zero-order valence-electron chi connectivity index (χ0n) is 13.5. The second-order valence-corrected chi connectivity index (χ2v) is 5.60. The molecule has 8 heteroatoms. The van der Waals surface area contributed by atoms with E-state index in [0.29, 0.717) is 34.3 Å². The van der Waals surface area contributed by atoms with Gasteiger partial charge in [0, 0.05) is 23.2 Å². The molecule has 0 saturated heterocycles. The highest BCUT2D eigenvalue weighted by Crippen LogP contribution is 2.38. The number of hydrogen-bond acceptors (Lipinski definition) is 7. The molecule has 128 valence electrons. The molecule has 4 rings (SSSR count). The maximum atomic E-state index is 6.07. The van der Waals surface area contributed by atoms with Gasteiger partial charge in [-0.15, -0.1) is 0 Å². The summed E-state index contributed by atoms with van der Waals surface area (Å²) < 4.78 is 21.4. The van der Waals surface area contributed by atoms with Crippen molar-refractivity contribution in [3.05, 3.63) is 35.6 Å². The van der Waals surface area contributed by atoms with Gasteiger partial charge in [0.1, 0.15) is 5.82 Å². The summed E-state index contributed by atoms with van der Waals surface area (Å²) in [6, 6.07) is 9.10. The van der Waals surface area contributed by atoms with Gasteiger partial charge in [0.2, 0.25) is 12.1 Å². The molecule has 7 nitrogen and oxygen atoms in total. The number of nitrogens with one attached hydrogen (secondary N) is 1. The molecule has 0 fully saturated rings. The molecular weight excluding hydrogens is 346 g/mol. The maximum absolute atomic E-state index is 6.07. The maximum Gasteiger partial charge on any atom is 0.231 e. The number of fused-ring (bicyclic) bond motifs is 2. The van der Waals surface area contributed by atoms with Gasteiger partial charge in [0.25, 0.3) is 0 Å². The topological polar surface area (TPSA) is 74.7 Å². The van der Waals surface area contributed by atoms with E-state index in [0.717, 1.165) is 11.1 Å². The average molecular weight is 360 g/mol. The van der Waals surface area contributed by atoms with Crippen molar-refractivity contribution in [3.63, 3.8) is 0 Å². The van der Waals surface area contributed by atoms with E-state index in [9.17, 15) is 0 Å². The number of anilines is 2. The first-order chi connectivity index (χ1) is 12.2. The van der Waals surface area contributed by atoms with Crippen molar-refractivity contribution in [1.29, 1.82) is 0 Å². The first-order valence-corrected chi connectivity index (χ1v) is 7.81. The van der Waals surface area contributed by atoms with Crippen molar-refractivity contribution in [2.75, 3.05) is 26.3 Å². The van der Waals surface area contributed by atoms with Gasteiger partial charge in [-0.25, -0.2) is 4.98 Å². The summed E-state index contributed by atoms with van der Waals surface area (Å²) in [5.41, 5.74) is 1.43. The van der Waals surface area contributed by atoms with Crippen molar-refractivity contribution in [3.8, 4) is 23.0 Å². The third kappa shape index (κ3) is 2.83. The highest BCUT2D eigenvalue weighted by Gasteiger charge is 2.16. The second kappa shape index (κ2) is 6.18. The minimum atomic E-state index is 0.128. The lowest BCUT2D eigenvalue weighted by Crippen LogP contribution is -1.99. The van der Waals surface area contributed by atoms with Crippen LogP contribution in [0.3, 0.4) is 0 Å². The van der Waals surface area contributed by atoms with Gasteiger partial charge in [0.15, 0.2) is 23.0 Å². The van der Waals surface area contributed by atoms with Crippen LogP contribution in [-0.4, -0.2) is 31.0 Å². The minimum Gasteiger partial charge on any atom is -0.493 e. The number of halogens is 1. The Morgan fingerprint density at radius 3 is 2.56 bits per heavy atom. The van der Waals surface area contributed by atoms with E-state index < -0.39 is 0 Å². The van der Waals surface area contributed by atoms with Crippen LogP contribution >= 0.6 is 11.6 Å². The lowest BCUT2D eigenvalue weighted by molar-refractivity contribution is 0.174. The lowest BCUT2D eigenvalue weighted by Gasteiger charge is -2.13. The summed E-state index contributed by atoms with van der Waals surface area (Å²) in [5, 5.41) is 4.12. The standard InChI is InChI=1S/C17H14ClN3O4/c1-22-13-6-10-11(7-14(13)23-2)20-17(18)21-16(10)19-9-3-4-12-15(5-9)25-8-24-12/h3-7H,8H2,1-2H3,(H,19,20,21). The van der Waals surface area contributed by atoms with Crippen LogP contribution in [0.4, 0.5) is 11.5 Å². The molecule has 2 aromatic carbocycles. The van der Waals surface area contributed by atoms with Crippen LogP contribution in [0.25, 0.3) is 10.9 Å². The molecule has 0 aliphatic carbocycles. The normalized spacial score (nSPS) is 12.3. The summed E-state index contributed by atoms with van der Waals surface area (Å²) >= 11 is 6.07. The summed E-state index contributed by atoms with van der Waals surface area (Å²) in [4.78, 5) is 8.55. The quantitative estimate of drug-likeness (QED) is 0.710. The fraction of sp³-hybridized carbons (Fsp3) is 0.176. The van der Waals surface area contributed by atoms with Crippen molar-refractivity contribution in [1.82, 2.24) is 9.97 Å². The highest BCUT2D eigenvalue weighted by atomic mass is 35.5. The van der Waals surface area contributed by atoms with Gasteiger partial charge >= 0.3 is 0 Å². The molecule has 0 unspecified atom stereocenters.